The normalized spacial score (nSPS) is 16.2. The molecule has 25 heavy (non-hydrogen) atoms. The first-order valence-corrected chi connectivity index (χ1v) is 7.83. The van der Waals surface area contributed by atoms with E-state index in [4.69, 9.17) is 4.74 Å². The number of carbonyl (C=O) groups is 2. The Morgan fingerprint density at radius 1 is 1.04 bits per heavy atom. The van der Waals surface area contributed by atoms with Gasteiger partial charge in [-0.2, -0.15) is 13.2 Å². The molecule has 0 spiro atoms. The van der Waals surface area contributed by atoms with Gasteiger partial charge in [-0.3, -0.25) is 14.9 Å². The van der Waals surface area contributed by atoms with Crippen molar-refractivity contribution < 1.29 is 27.5 Å². The second-order valence-electron chi connectivity index (χ2n) is 5.02. The number of hydrogen-bond acceptors (Lipinski definition) is 4. The number of ether oxygens (including phenoxy) is 1. The molecule has 8 heteroatoms. The van der Waals surface area contributed by atoms with E-state index in [0.717, 1.165) is 23.9 Å². The van der Waals surface area contributed by atoms with Crippen molar-refractivity contribution in [3.8, 4) is 11.5 Å². The molecule has 1 heterocycles. The minimum atomic E-state index is -4.47. The van der Waals surface area contributed by atoms with Crippen molar-refractivity contribution in [3.05, 3.63) is 64.6 Å². The maximum absolute atomic E-state index is 12.8. The van der Waals surface area contributed by atoms with Crippen molar-refractivity contribution in [2.45, 2.75) is 6.18 Å². The number of thioether (sulfide) groups is 1. The van der Waals surface area contributed by atoms with Crippen LogP contribution in [0, 0.1) is 0 Å². The van der Waals surface area contributed by atoms with Gasteiger partial charge < -0.3 is 4.74 Å². The highest BCUT2D eigenvalue weighted by molar-refractivity contribution is 8.18. The van der Waals surface area contributed by atoms with Gasteiger partial charge in [-0.1, -0.05) is 24.3 Å². The number of alkyl halides is 3. The van der Waals surface area contributed by atoms with Crippen LogP contribution in [-0.2, 0) is 11.0 Å². The number of carbonyl (C=O) groups excluding carboxylic acids is 2. The van der Waals surface area contributed by atoms with Crippen LogP contribution < -0.4 is 10.1 Å². The van der Waals surface area contributed by atoms with E-state index >= 15 is 0 Å². The minimum Gasteiger partial charge on any atom is -0.457 e. The third-order valence-corrected chi connectivity index (χ3v) is 4.05. The molecule has 2 amide bonds. The largest absolute Gasteiger partial charge is 0.457 e. The molecule has 0 radical (unpaired) electrons. The van der Waals surface area contributed by atoms with Gasteiger partial charge in [0.1, 0.15) is 11.5 Å². The number of para-hydroxylation sites is 1. The van der Waals surface area contributed by atoms with Crippen LogP contribution >= 0.6 is 11.8 Å². The zero-order valence-electron chi connectivity index (χ0n) is 12.5. The van der Waals surface area contributed by atoms with Crippen LogP contribution in [0.3, 0.4) is 0 Å². The summed E-state index contributed by atoms with van der Waals surface area (Å²) in [6.07, 6.45) is -3.02. The number of amides is 2. The van der Waals surface area contributed by atoms with Crippen LogP contribution in [0.5, 0.6) is 11.5 Å². The summed E-state index contributed by atoms with van der Waals surface area (Å²) in [5.41, 5.74) is -0.357. The SMILES string of the molecule is O=C1NC(=O)C(=Cc2ccccc2Oc2cccc(C(F)(F)F)c2)S1. The summed E-state index contributed by atoms with van der Waals surface area (Å²) in [4.78, 5) is 23.0. The molecule has 1 fully saturated rings. The van der Waals surface area contributed by atoms with Gasteiger partial charge in [0, 0.05) is 5.56 Å². The lowest BCUT2D eigenvalue weighted by Gasteiger charge is -2.11. The number of rotatable bonds is 3. The summed E-state index contributed by atoms with van der Waals surface area (Å²) in [5, 5.41) is 1.65. The first kappa shape index (κ1) is 17.1. The summed E-state index contributed by atoms with van der Waals surface area (Å²) < 4.78 is 43.9. The van der Waals surface area contributed by atoms with Gasteiger partial charge >= 0.3 is 6.18 Å². The molecule has 3 rings (SSSR count). The Bertz CT molecular complexity index is 877. The Morgan fingerprint density at radius 3 is 2.48 bits per heavy atom. The highest BCUT2D eigenvalue weighted by atomic mass is 32.2. The van der Waals surface area contributed by atoms with Gasteiger partial charge in [0.15, 0.2) is 0 Å². The molecular weight excluding hydrogens is 355 g/mol. The zero-order valence-corrected chi connectivity index (χ0v) is 13.3. The number of halogens is 3. The van der Waals surface area contributed by atoms with Gasteiger partial charge in [0.05, 0.1) is 10.5 Å². The molecule has 1 N–H and O–H groups in total. The minimum absolute atomic E-state index is 0.0141. The monoisotopic (exact) mass is 365 g/mol. The van der Waals surface area contributed by atoms with Crippen molar-refractivity contribution in [2.75, 3.05) is 0 Å². The predicted molar refractivity (Wildman–Crippen MR) is 87.1 cm³/mol. The Morgan fingerprint density at radius 2 is 1.80 bits per heavy atom. The molecule has 0 saturated carbocycles. The van der Waals surface area contributed by atoms with E-state index in [1.807, 2.05) is 0 Å². The molecule has 1 aliphatic rings. The van der Waals surface area contributed by atoms with Crippen LogP contribution in [0.1, 0.15) is 11.1 Å². The van der Waals surface area contributed by atoms with E-state index in [2.05, 4.69) is 5.32 Å². The van der Waals surface area contributed by atoms with E-state index < -0.39 is 22.9 Å². The van der Waals surface area contributed by atoms with Gasteiger partial charge in [-0.25, -0.2) is 0 Å². The third kappa shape index (κ3) is 4.03. The lowest BCUT2D eigenvalue weighted by atomic mass is 10.1. The maximum Gasteiger partial charge on any atom is 0.416 e. The van der Waals surface area contributed by atoms with E-state index in [-0.39, 0.29) is 16.4 Å². The number of hydrogen-bond donors (Lipinski definition) is 1. The van der Waals surface area contributed by atoms with Crippen LogP contribution in [0.15, 0.2) is 53.4 Å². The molecule has 1 aliphatic heterocycles. The summed E-state index contributed by atoms with van der Waals surface area (Å²) in [7, 11) is 0. The smallest absolute Gasteiger partial charge is 0.416 e. The number of nitrogens with one attached hydrogen (secondary N) is 1. The molecular formula is C17H10F3NO3S. The first-order chi connectivity index (χ1) is 11.8. The predicted octanol–water partition coefficient (Wildman–Crippen LogP) is 4.82. The Balaban J connectivity index is 1.91. The van der Waals surface area contributed by atoms with Crippen LogP contribution in [0.2, 0.25) is 0 Å². The van der Waals surface area contributed by atoms with Gasteiger partial charge in [0.2, 0.25) is 0 Å². The fourth-order valence-electron chi connectivity index (χ4n) is 2.12. The second-order valence-corrected chi connectivity index (χ2v) is 6.03. The molecule has 128 valence electrons. The van der Waals surface area contributed by atoms with Crippen LogP contribution in [0.4, 0.5) is 18.0 Å². The van der Waals surface area contributed by atoms with E-state index in [9.17, 15) is 22.8 Å². The Hall–Kier alpha value is -2.74. The molecule has 0 aliphatic carbocycles. The highest BCUT2D eigenvalue weighted by Crippen LogP contribution is 2.34. The van der Waals surface area contributed by atoms with Crippen molar-refractivity contribution in [3.63, 3.8) is 0 Å². The average Bonchev–Trinajstić information content (AvgIpc) is 2.86. The van der Waals surface area contributed by atoms with Crippen LogP contribution in [-0.4, -0.2) is 11.1 Å². The topological polar surface area (TPSA) is 55.4 Å². The molecule has 2 aromatic carbocycles. The fourth-order valence-corrected chi connectivity index (χ4v) is 2.79. The highest BCUT2D eigenvalue weighted by Gasteiger charge is 2.30. The molecule has 1 saturated heterocycles. The third-order valence-electron chi connectivity index (χ3n) is 3.24. The standard InChI is InChI=1S/C17H10F3NO3S/c18-17(19,20)11-5-3-6-12(9-11)24-13-7-2-1-4-10(13)8-14-15(22)21-16(23)25-14/h1-9H,(H,21,22,23). The molecule has 2 aromatic rings. The Kier molecular flexibility index (Phi) is 4.54. The summed E-state index contributed by atoms with van der Waals surface area (Å²) in [6, 6.07) is 11.0. The zero-order chi connectivity index (χ0) is 18.0. The first-order valence-electron chi connectivity index (χ1n) is 7.02. The maximum atomic E-state index is 12.8. The van der Waals surface area contributed by atoms with E-state index in [1.54, 1.807) is 24.3 Å². The van der Waals surface area contributed by atoms with Crippen molar-refractivity contribution >= 4 is 29.0 Å². The van der Waals surface area contributed by atoms with Crippen molar-refractivity contribution in [1.82, 2.24) is 5.32 Å². The van der Waals surface area contributed by atoms with Crippen molar-refractivity contribution in [2.24, 2.45) is 0 Å². The van der Waals surface area contributed by atoms with Gasteiger partial charge in [-0.05, 0) is 42.1 Å². The van der Waals surface area contributed by atoms with Crippen LogP contribution in [0.25, 0.3) is 6.08 Å². The van der Waals surface area contributed by atoms with Crippen molar-refractivity contribution in [1.29, 1.82) is 0 Å². The average molecular weight is 365 g/mol. The quantitative estimate of drug-likeness (QED) is 0.792. The number of benzene rings is 2. The lowest BCUT2D eigenvalue weighted by molar-refractivity contribution is -0.137. The molecule has 0 atom stereocenters. The molecule has 0 aromatic heterocycles. The Labute approximate surface area is 144 Å². The lowest BCUT2D eigenvalue weighted by Crippen LogP contribution is -2.17. The number of imide groups is 1. The second kappa shape index (κ2) is 6.64. The van der Waals surface area contributed by atoms with E-state index in [1.165, 1.54) is 18.2 Å². The van der Waals surface area contributed by atoms with Gasteiger partial charge in [0.25, 0.3) is 11.1 Å². The summed E-state index contributed by atoms with van der Waals surface area (Å²) in [6.45, 7) is 0. The summed E-state index contributed by atoms with van der Waals surface area (Å²) in [5.74, 6) is -0.244. The molecule has 0 bridgehead atoms. The fraction of sp³-hybridized carbons (Fsp3) is 0.0588. The summed E-state index contributed by atoms with van der Waals surface area (Å²) >= 11 is 0.747. The molecule has 4 nitrogen and oxygen atoms in total. The van der Waals surface area contributed by atoms with Gasteiger partial charge in [-0.15, -0.1) is 0 Å². The van der Waals surface area contributed by atoms with E-state index in [0.29, 0.717) is 5.56 Å². The molecule has 0 unspecified atom stereocenters.